The molecule has 0 aliphatic rings. The molecule has 3 nitrogen and oxygen atoms in total. The molecule has 1 aromatic heterocycles. The smallest absolute Gasteiger partial charge is 0.418 e. The Morgan fingerprint density at radius 2 is 1.95 bits per heavy atom. The van der Waals surface area contributed by atoms with E-state index in [1.165, 1.54) is 12.3 Å². The number of nitrogens with one attached hydrogen (secondary N) is 1. The molecule has 0 atom stereocenters. The van der Waals surface area contributed by atoms with Crippen LogP contribution in [0.1, 0.15) is 27.2 Å². The fraction of sp³-hybridized carbons (Fsp3) is 0.214. The van der Waals surface area contributed by atoms with Gasteiger partial charge in [-0.3, -0.25) is 4.79 Å². The van der Waals surface area contributed by atoms with Crippen LogP contribution in [0.25, 0.3) is 0 Å². The van der Waals surface area contributed by atoms with Crippen LogP contribution < -0.4 is 5.32 Å². The third-order valence-corrected chi connectivity index (χ3v) is 3.16. The molecule has 112 valence electrons. The van der Waals surface area contributed by atoms with E-state index in [9.17, 15) is 18.0 Å². The van der Waals surface area contributed by atoms with Gasteiger partial charge in [0.25, 0.3) is 5.91 Å². The Bertz CT molecular complexity index is 673. The molecular formula is C14H11ClF3NO2. The van der Waals surface area contributed by atoms with Crippen LogP contribution in [-0.4, -0.2) is 5.91 Å². The summed E-state index contributed by atoms with van der Waals surface area (Å²) in [6.07, 6.45) is -3.25. The number of amides is 1. The van der Waals surface area contributed by atoms with Crippen LogP contribution in [0.2, 0.25) is 5.02 Å². The molecule has 1 N–H and O–H groups in total. The van der Waals surface area contributed by atoms with E-state index in [-0.39, 0.29) is 16.3 Å². The lowest BCUT2D eigenvalue weighted by Crippen LogP contribution is -2.17. The van der Waals surface area contributed by atoms with Crippen LogP contribution in [-0.2, 0) is 6.18 Å². The molecule has 0 spiro atoms. The first kappa shape index (κ1) is 15.4. The maximum atomic E-state index is 13.0. The van der Waals surface area contributed by atoms with Crippen molar-refractivity contribution in [1.82, 2.24) is 0 Å². The van der Waals surface area contributed by atoms with E-state index in [1.54, 1.807) is 13.8 Å². The Hall–Kier alpha value is -1.95. The van der Waals surface area contributed by atoms with Crippen LogP contribution in [0, 0.1) is 13.8 Å². The fourth-order valence-electron chi connectivity index (χ4n) is 1.96. The lowest BCUT2D eigenvalue weighted by atomic mass is 10.1. The minimum absolute atomic E-state index is 0.0593. The summed E-state index contributed by atoms with van der Waals surface area (Å²) in [7, 11) is 0. The molecule has 0 saturated heterocycles. The minimum Gasteiger partial charge on any atom is -0.469 e. The van der Waals surface area contributed by atoms with Crippen molar-refractivity contribution >= 4 is 23.2 Å². The summed E-state index contributed by atoms with van der Waals surface area (Å²) in [5, 5.41) is 2.19. The molecule has 0 saturated carbocycles. The van der Waals surface area contributed by atoms with Crippen molar-refractivity contribution in [2.75, 3.05) is 5.32 Å². The van der Waals surface area contributed by atoms with Gasteiger partial charge in [0, 0.05) is 10.6 Å². The third kappa shape index (κ3) is 3.21. The zero-order valence-electron chi connectivity index (χ0n) is 11.1. The first-order chi connectivity index (χ1) is 9.70. The molecule has 1 aromatic carbocycles. The van der Waals surface area contributed by atoms with E-state index in [0.29, 0.717) is 11.3 Å². The number of aryl methyl sites for hydroxylation is 2. The van der Waals surface area contributed by atoms with Gasteiger partial charge in [-0.2, -0.15) is 13.2 Å². The normalized spacial score (nSPS) is 11.5. The van der Waals surface area contributed by atoms with Crippen molar-refractivity contribution in [3.05, 3.63) is 51.9 Å². The SMILES string of the molecule is Cc1coc(C)c1C(=O)Nc1ccc(Cl)cc1C(F)(F)F. The van der Waals surface area contributed by atoms with E-state index in [4.69, 9.17) is 16.0 Å². The quantitative estimate of drug-likeness (QED) is 0.862. The van der Waals surface area contributed by atoms with Crippen molar-refractivity contribution in [2.45, 2.75) is 20.0 Å². The number of anilines is 1. The van der Waals surface area contributed by atoms with Gasteiger partial charge in [-0.15, -0.1) is 0 Å². The van der Waals surface area contributed by atoms with Gasteiger partial charge in [-0.25, -0.2) is 0 Å². The molecule has 1 amide bonds. The Kier molecular flexibility index (Phi) is 4.00. The van der Waals surface area contributed by atoms with Crippen molar-refractivity contribution in [2.24, 2.45) is 0 Å². The maximum Gasteiger partial charge on any atom is 0.418 e. The van der Waals surface area contributed by atoms with Crippen molar-refractivity contribution in [3.63, 3.8) is 0 Å². The van der Waals surface area contributed by atoms with Gasteiger partial charge in [0.15, 0.2) is 0 Å². The maximum absolute atomic E-state index is 13.0. The number of benzene rings is 1. The zero-order valence-corrected chi connectivity index (χ0v) is 11.9. The highest BCUT2D eigenvalue weighted by molar-refractivity contribution is 6.30. The molecule has 0 unspecified atom stereocenters. The molecule has 2 aromatic rings. The van der Waals surface area contributed by atoms with E-state index < -0.39 is 17.6 Å². The summed E-state index contributed by atoms with van der Waals surface area (Å²) in [5.74, 6) is -0.320. The lowest BCUT2D eigenvalue weighted by Gasteiger charge is -2.14. The number of hydrogen-bond donors (Lipinski definition) is 1. The Morgan fingerprint density at radius 3 is 2.48 bits per heavy atom. The lowest BCUT2D eigenvalue weighted by molar-refractivity contribution is -0.136. The highest BCUT2D eigenvalue weighted by Gasteiger charge is 2.34. The molecule has 0 fully saturated rings. The van der Waals surface area contributed by atoms with Crippen LogP contribution >= 0.6 is 11.6 Å². The summed E-state index contributed by atoms with van der Waals surface area (Å²) < 4.78 is 43.9. The average molecular weight is 318 g/mol. The second-order valence-electron chi connectivity index (χ2n) is 4.49. The summed E-state index contributed by atoms with van der Waals surface area (Å²) >= 11 is 5.58. The first-order valence-electron chi connectivity index (χ1n) is 5.93. The van der Waals surface area contributed by atoms with Gasteiger partial charge < -0.3 is 9.73 Å². The molecule has 0 bridgehead atoms. The Morgan fingerprint density at radius 1 is 1.29 bits per heavy atom. The standard InChI is InChI=1S/C14H11ClF3NO2/c1-7-6-21-8(2)12(7)13(20)19-11-4-3-9(15)5-10(11)14(16,17)18/h3-6H,1-2H3,(H,19,20). The molecule has 7 heteroatoms. The van der Waals surface area contributed by atoms with Crippen LogP contribution in [0.5, 0.6) is 0 Å². The molecule has 21 heavy (non-hydrogen) atoms. The molecule has 0 aliphatic carbocycles. The van der Waals surface area contributed by atoms with Gasteiger partial charge in [0.05, 0.1) is 23.1 Å². The van der Waals surface area contributed by atoms with Gasteiger partial charge in [0.2, 0.25) is 0 Å². The highest BCUT2D eigenvalue weighted by Crippen LogP contribution is 2.36. The Labute approximate surface area is 123 Å². The third-order valence-electron chi connectivity index (χ3n) is 2.92. The van der Waals surface area contributed by atoms with Gasteiger partial charge in [-0.05, 0) is 32.0 Å². The summed E-state index contributed by atoms with van der Waals surface area (Å²) in [6.45, 7) is 3.20. The second kappa shape index (κ2) is 5.44. The number of alkyl halides is 3. The molecule has 0 radical (unpaired) electrons. The van der Waals surface area contributed by atoms with E-state index in [1.807, 2.05) is 0 Å². The average Bonchev–Trinajstić information content (AvgIpc) is 2.70. The topological polar surface area (TPSA) is 42.2 Å². The number of furan rings is 1. The Balaban J connectivity index is 2.39. The predicted molar refractivity (Wildman–Crippen MR) is 72.6 cm³/mol. The minimum atomic E-state index is -4.62. The van der Waals surface area contributed by atoms with Crippen LogP contribution in [0.4, 0.5) is 18.9 Å². The summed E-state index contributed by atoms with van der Waals surface area (Å²) in [6, 6.07) is 3.17. The van der Waals surface area contributed by atoms with Gasteiger partial charge in [0.1, 0.15) is 5.76 Å². The highest BCUT2D eigenvalue weighted by atomic mass is 35.5. The number of rotatable bonds is 2. The molecular weight excluding hydrogens is 307 g/mol. The van der Waals surface area contributed by atoms with E-state index in [2.05, 4.69) is 5.32 Å². The summed E-state index contributed by atoms with van der Waals surface area (Å²) in [5.41, 5.74) is -0.579. The monoisotopic (exact) mass is 317 g/mol. The van der Waals surface area contributed by atoms with Crippen molar-refractivity contribution in [1.29, 1.82) is 0 Å². The largest absolute Gasteiger partial charge is 0.469 e. The van der Waals surface area contributed by atoms with Crippen LogP contribution in [0.15, 0.2) is 28.9 Å². The number of carbonyl (C=O) groups excluding carboxylic acids is 1. The molecule has 2 rings (SSSR count). The fourth-order valence-corrected chi connectivity index (χ4v) is 2.13. The van der Waals surface area contributed by atoms with Crippen LogP contribution in [0.3, 0.4) is 0 Å². The van der Waals surface area contributed by atoms with E-state index >= 15 is 0 Å². The molecule has 0 aliphatic heterocycles. The second-order valence-corrected chi connectivity index (χ2v) is 4.93. The van der Waals surface area contributed by atoms with E-state index in [0.717, 1.165) is 12.1 Å². The number of hydrogen-bond acceptors (Lipinski definition) is 2. The predicted octanol–water partition coefficient (Wildman–Crippen LogP) is 4.82. The van der Waals surface area contributed by atoms with Crippen molar-refractivity contribution in [3.8, 4) is 0 Å². The zero-order chi connectivity index (χ0) is 15.8. The number of carbonyl (C=O) groups is 1. The summed E-state index contributed by atoms with van der Waals surface area (Å²) in [4.78, 5) is 12.1. The first-order valence-corrected chi connectivity index (χ1v) is 6.30. The number of halogens is 4. The molecule has 1 heterocycles. The van der Waals surface area contributed by atoms with Gasteiger partial charge >= 0.3 is 6.18 Å². The van der Waals surface area contributed by atoms with Gasteiger partial charge in [-0.1, -0.05) is 11.6 Å². The van der Waals surface area contributed by atoms with Crippen molar-refractivity contribution < 1.29 is 22.4 Å².